The van der Waals surface area contributed by atoms with Gasteiger partial charge in [-0.15, -0.1) is 0 Å². The predicted molar refractivity (Wildman–Crippen MR) is 93.5 cm³/mol. The van der Waals surface area contributed by atoms with E-state index in [4.69, 9.17) is 0 Å². The normalized spacial score (nSPS) is 17.6. The Kier molecular flexibility index (Phi) is 7.24. The average Bonchev–Trinajstić information content (AvgIpc) is 2.93. The third kappa shape index (κ3) is 7.21. The number of rotatable bonds is 8. The third-order valence-corrected chi connectivity index (χ3v) is 4.19. The second-order valence-electron chi connectivity index (χ2n) is 7.24. The lowest BCUT2D eigenvalue weighted by atomic mass is 10.1. The zero-order chi connectivity index (χ0) is 20.0. The molecule has 0 radical (unpaired) electrons. The Balaban J connectivity index is 1.76. The molecular weight excluding hydrogens is 361 g/mol. The molecule has 1 aliphatic rings. The first kappa shape index (κ1) is 21.2. The van der Waals surface area contributed by atoms with Gasteiger partial charge in [-0.1, -0.05) is 38.1 Å². The van der Waals surface area contributed by atoms with E-state index in [0.29, 0.717) is 31.1 Å². The molecule has 1 aromatic rings. The molecule has 27 heavy (non-hydrogen) atoms. The lowest BCUT2D eigenvalue weighted by molar-refractivity contribution is -0.176. The smallest absolute Gasteiger partial charge is 0.367 e. The maximum absolute atomic E-state index is 12.3. The number of carbonyl (C=O) groups is 2. The quantitative estimate of drug-likeness (QED) is 0.748. The number of alkyl halides is 3. The Hall–Kier alpha value is -2.09. The zero-order valence-electron chi connectivity index (χ0n) is 15.5. The average molecular weight is 386 g/mol. The monoisotopic (exact) mass is 386 g/mol. The molecule has 1 aliphatic heterocycles. The number of hydrogen-bond donors (Lipinski definition) is 1. The summed E-state index contributed by atoms with van der Waals surface area (Å²) in [5, 5.41) is 2.82. The Morgan fingerprint density at radius 1 is 1.26 bits per heavy atom. The highest BCUT2D eigenvalue weighted by atomic mass is 19.4. The van der Waals surface area contributed by atoms with Gasteiger partial charge < -0.3 is 15.0 Å². The lowest BCUT2D eigenvalue weighted by Crippen LogP contribution is -2.33. The second-order valence-corrected chi connectivity index (χ2v) is 7.24. The van der Waals surface area contributed by atoms with Gasteiger partial charge in [-0.05, 0) is 17.0 Å². The largest absolute Gasteiger partial charge is 0.411 e. The van der Waals surface area contributed by atoms with Crippen molar-refractivity contribution in [2.75, 3.05) is 19.7 Å². The van der Waals surface area contributed by atoms with Gasteiger partial charge in [0.25, 0.3) is 0 Å². The molecule has 150 valence electrons. The van der Waals surface area contributed by atoms with Gasteiger partial charge in [0, 0.05) is 26.1 Å². The Morgan fingerprint density at radius 3 is 2.48 bits per heavy atom. The number of ether oxygens (including phenoxy) is 1. The van der Waals surface area contributed by atoms with Gasteiger partial charge in [0.15, 0.2) is 0 Å². The maximum atomic E-state index is 12.3. The van der Waals surface area contributed by atoms with Crippen LogP contribution in [-0.4, -0.2) is 42.6 Å². The van der Waals surface area contributed by atoms with E-state index >= 15 is 0 Å². The van der Waals surface area contributed by atoms with Crippen LogP contribution in [0.25, 0.3) is 0 Å². The van der Waals surface area contributed by atoms with E-state index in [0.717, 1.165) is 5.56 Å². The van der Waals surface area contributed by atoms with Crippen LogP contribution in [0.3, 0.4) is 0 Å². The van der Waals surface area contributed by atoms with Crippen LogP contribution in [0.5, 0.6) is 0 Å². The van der Waals surface area contributed by atoms with Crippen LogP contribution in [0.4, 0.5) is 13.2 Å². The fourth-order valence-electron chi connectivity index (χ4n) is 2.94. The van der Waals surface area contributed by atoms with Crippen LogP contribution in [0.1, 0.15) is 31.4 Å². The second kappa shape index (κ2) is 9.21. The highest BCUT2D eigenvalue weighted by Gasteiger charge is 2.34. The van der Waals surface area contributed by atoms with E-state index < -0.39 is 12.8 Å². The van der Waals surface area contributed by atoms with Crippen molar-refractivity contribution >= 4 is 11.8 Å². The first-order chi connectivity index (χ1) is 12.6. The fourth-order valence-corrected chi connectivity index (χ4v) is 2.94. The van der Waals surface area contributed by atoms with Gasteiger partial charge in [-0.25, -0.2) is 0 Å². The molecular formula is C19H25F3N2O3. The minimum absolute atomic E-state index is 0.00654. The molecule has 1 fully saturated rings. The molecule has 1 heterocycles. The molecule has 0 aliphatic carbocycles. The van der Waals surface area contributed by atoms with Gasteiger partial charge in [0.05, 0.1) is 12.5 Å². The summed E-state index contributed by atoms with van der Waals surface area (Å²) in [5.41, 5.74) is 1.45. The van der Waals surface area contributed by atoms with Gasteiger partial charge in [0.1, 0.15) is 6.61 Å². The van der Waals surface area contributed by atoms with E-state index in [1.807, 2.05) is 13.8 Å². The molecule has 1 saturated heterocycles. The van der Waals surface area contributed by atoms with Crippen LogP contribution in [-0.2, 0) is 27.5 Å². The van der Waals surface area contributed by atoms with Gasteiger partial charge >= 0.3 is 6.18 Å². The number of halogens is 3. The Bertz CT molecular complexity index is 645. The Morgan fingerprint density at radius 2 is 1.89 bits per heavy atom. The minimum atomic E-state index is -4.34. The Labute approximate surface area is 156 Å². The highest BCUT2D eigenvalue weighted by Crippen LogP contribution is 2.19. The van der Waals surface area contributed by atoms with Crippen LogP contribution >= 0.6 is 0 Å². The van der Waals surface area contributed by atoms with Crippen molar-refractivity contribution < 1.29 is 27.5 Å². The SMILES string of the molecule is CC(C)CN1C[C@@H](C(=O)NCc2ccc(COCC(F)(F)F)cc2)CC1=O. The molecule has 1 aromatic carbocycles. The van der Waals surface area contributed by atoms with E-state index in [-0.39, 0.29) is 30.8 Å². The van der Waals surface area contributed by atoms with Crippen molar-refractivity contribution in [3.63, 3.8) is 0 Å². The summed E-state index contributed by atoms with van der Waals surface area (Å²) in [7, 11) is 0. The summed E-state index contributed by atoms with van der Waals surface area (Å²) < 4.78 is 40.7. The number of benzene rings is 1. The van der Waals surface area contributed by atoms with Crippen molar-refractivity contribution in [3.05, 3.63) is 35.4 Å². The molecule has 5 nitrogen and oxygen atoms in total. The topological polar surface area (TPSA) is 58.6 Å². The summed E-state index contributed by atoms with van der Waals surface area (Å²) in [6.07, 6.45) is -4.11. The van der Waals surface area contributed by atoms with Gasteiger partial charge in [0.2, 0.25) is 11.8 Å². The zero-order valence-corrected chi connectivity index (χ0v) is 15.5. The van der Waals surface area contributed by atoms with Crippen LogP contribution in [0.15, 0.2) is 24.3 Å². The molecule has 0 bridgehead atoms. The summed E-state index contributed by atoms with van der Waals surface area (Å²) in [6.45, 7) is 4.05. The number of carbonyl (C=O) groups excluding carboxylic acids is 2. The predicted octanol–water partition coefficient (Wildman–Crippen LogP) is 2.89. The molecule has 1 N–H and O–H groups in total. The highest BCUT2D eigenvalue weighted by molar-refractivity contribution is 5.89. The van der Waals surface area contributed by atoms with E-state index in [1.54, 1.807) is 29.2 Å². The molecule has 2 amide bonds. The molecule has 2 rings (SSSR count). The maximum Gasteiger partial charge on any atom is 0.411 e. The van der Waals surface area contributed by atoms with Crippen molar-refractivity contribution in [2.24, 2.45) is 11.8 Å². The van der Waals surface area contributed by atoms with E-state index in [2.05, 4.69) is 10.1 Å². The van der Waals surface area contributed by atoms with Gasteiger partial charge in [-0.2, -0.15) is 13.2 Å². The van der Waals surface area contributed by atoms with Crippen LogP contribution in [0, 0.1) is 11.8 Å². The summed E-state index contributed by atoms with van der Waals surface area (Å²) >= 11 is 0. The molecule has 0 spiro atoms. The van der Waals surface area contributed by atoms with Crippen molar-refractivity contribution in [3.8, 4) is 0 Å². The molecule has 0 saturated carbocycles. The number of amides is 2. The fraction of sp³-hybridized carbons (Fsp3) is 0.579. The van der Waals surface area contributed by atoms with E-state index in [1.165, 1.54) is 0 Å². The van der Waals surface area contributed by atoms with Crippen molar-refractivity contribution in [1.29, 1.82) is 0 Å². The first-order valence-corrected chi connectivity index (χ1v) is 8.92. The minimum Gasteiger partial charge on any atom is -0.367 e. The molecule has 1 atom stereocenters. The summed E-state index contributed by atoms with van der Waals surface area (Å²) in [6, 6.07) is 6.80. The third-order valence-electron chi connectivity index (χ3n) is 4.19. The van der Waals surface area contributed by atoms with Crippen LogP contribution < -0.4 is 5.32 Å². The molecule has 0 aromatic heterocycles. The van der Waals surface area contributed by atoms with Gasteiger partial charge in [-0.3, -0.25) is 9.59 Å². The first-order valence-electron chi connectivity index (χ1n) is 8.92. The summed E-state index contributed by atoms with van der Waals surface area (Å²) in [5.74, 6) is -0.139. The van der Waals surface area contributed by atoms with E-state index in [9.17, 15) is 22.8 Å². The number of nitrogens with one attached hydrogen (secondary N) is 1. The molecule has 8 heteroatoms. The number of nitrogens with zero attached hydrogens (tertiary/aromatic N) is 1. The summed E-state index contributed by atoms with van der Waals surface area (Å²) in [4.78, 5) is 26.0. The van der Waals surface area contributed by atoms with Crippen molar-refractivity contribution in [1.82, 2.24) is 10.2 Å². The van der Waals surface area contributed by atoms with Crippen LogP contribution in [0.2, 0.25) is 0 Å². The molecule has 0 unspecified atom stereocenters. The number of likely N-dealkylation sites (tertiary alicyclic amines) is 1. The number of hydrogen-bond acceptors (Lipinski definition) is 3. The lowest BCUT2D eigenvalue weighted by Gasteiger charge is -2.18. The standard InChI is InChI=1S/C19H25F3N2O3/c1-13(2)9-24-10-16(7-17(24)25)18(26)23-8-14-3-5-15(6-4-14)11-27-12-19(20,21)22/h3-6,13,16H,7-12H2,1-2H3,(H,23,26)/t16-/m0/s1. The van der Waals surface area contributed by atoms with Crippen molar-refractivity contribution in [2.45, 2.75) is 39.6 Å².